The van der Waals surface area contributed by atoms with Crippen molar-refractivity contribution >= 4 is 25.2 Å². The van der Waals surface area contributed by atoms with Gasteiger partial charge in [-0.25, -0.2) is 4.79 Å². The van der Waals surface area contributed by atoms with Crippen molar-refractivity contribution in [2.45, 2.75) is 24.8 Å². The van der Waals surface area contributed by atoms with E-state index in [2.05, 4.69) is 5.32 Å². The Kier molecular flexibility index (Phi) is 4.97. The molecule has 0 saturated carbocycles. The summed E-state index contributed by atoms with van der Waals surface area (Å²) < 4.78 is 0. The lowest BCUT2D eigenvalue weighted by Crippen LogP contribution is -2.55. The summed E-state index contributed by atoms with van der Waals surface area (Å²) >= 11 is 0. The molecule has 1 aliphatic rings. The Hall–Kier alpha value is -3.34. The average molecular weight is 383 g/mol. The molecule has 0 atom stereocenters. The Morgan fingerprint density at radius 2 is 1.55 bits per heavy atom. The minimum Gasteiger partial charge on any atom is -0.479 e. The van der Waals surface area contributed by atoms with E-state index < -0.39 is 11.5 Å². The number of amides is 1. The van der Waals surface area contributed by atoms with Crippen molar-refractivity contribution in [2.75, 3.05) is 0 Å². The van der Waals surface area contributed by atoms with E-state index in [1.165, 1.54) is 0 Å². The van der Waals surface area contributed by atoms with Crippen LogP contribution in [0, 0.1) is 0 Å². The number of fused-ring (bicyclic) bond motifs is 1. The smallest absolute Gasteiger partial charge is 0.330 e. The number of carboxylic acid groups (broad SMARTS) is 1. The summed E-state index contributed by atoms with van der Waals surface area (Å²) in [5, 5.41) is 12.8. The zero-order chi connectivity index (χ0) is 20.4. The van der Waals surface area contributed by atoms with Crippen molar-refractivity contribution in [3.8, 4) is 0 Å². The molecule has 3 aromatic carbocycles. The molecule has 1 amide bonds. The van der Waals surface area contributed by atoms with E-state index in [0.717, 1.165) is 27.7 Å². The monoisotopic (exact) mass is 383 g/mol. The first-order chi connectivity index (χ1) is 14.0. The highest BCUT2D eigenvalue weighted by molar-refractivity contribution is 6.32. The number of rotatable bonds is 5. The molecule has 144 valence electrons. The molecule has 3 aromatic rings. The molecule has 2 N–H and O–H groups in total. The van der Waals surface area contributed by atoms with Gasteiger partial charge in [-0.1, -0.05) is 72.2 Å². The summed E-state index contributed by atoms with van der Waals surface area (Å²) in [5.41, 5.74) is 4.23. The largest absolute Gasteiger partial charge is 0.479 e. The maximum absolute atomic E-state index is 13.2. The number of carbonyl (C=O) groups is 2. The zero-order valence-corrected chi connectivity index (χ0v) is 16.3. The summed E-state index contributed by atoms with van der Waals surface area (Å²) in [6.45, 7) is 0. The van der Waals surface area contributed by atoms with Crippen LogP contribution in [0.4, 0.5) is 0 Å². The van der Waals surface area contributed by atoms with Crippen LogP contribution in [-0.4, -0.2) is 30.4 Å². The van der Waals surface area contributed by atoms with Crippen molar-refractivity contribution in [3.63, 3.8) is 0 Å². The number of carbonyl (C=O) groups excluding carboxylic acids is 1. The number of aliphatic carboxylic acids is 1. The lowest BCUT2D eigenvalue weighted by molar-refractivity contribution is -0.144. The molecule has 29 heavy (non-hydrogen) atoms. The molecule has 1 aliphatic carbocycles. The molecule has 0 radical (unpaired) electrons. The summed E-state index contributed by atoms with van der Waals surface area (Å²) in [6, 6.07) is 23.3. The first-order valence-corrected chi connectivity index (χ1v) is 9.73. The number of hydrogen-bond donors (Lipinski definition) is 2. The van der Waals surface area contributed by atoms with Crippen LogP contribution >= 0.6 is 0 Å². The third-order valence-corrected chi connectivity index (χ3v) is 5.61. The van der Waals surface area contributed by atoms with E-state index in [-0.39, 0.29) is 5.91 Å². The third-order valence-electron chi connectivity index (χ3n) is 5.61. The molecule has 5 heteroatoms. The van der Waals surface area contributed by atoms with Crippen molar-refractivity contribution in [2.24, 2.45) is 0 Å². The Morgan fingerprint density at radius 3 is 2.17 bits per heavy atom. The zero-order valence-electron chi connectivity index (χ0n) is 16.3. The normalized spacial score (nSPS) is 14.2. The lowest BCUT2D eigenvalue weighted by Gasteiger charge is -2.26. The second kappa shape index (κ2) is 7.59. The highest BCUT2D eigenvalue weighted by Gasteiger charge is 2.45. The van der Waals surface area contributed by atoms with Gasteiger partial charge in [0.25, 0.3) is 5.91 Å². The van der Waals surface area contributed by atoms with Crippen LogP contribution in [0.3, 0.4) is 0 Å². The predicted octanol–water partition coefficient (Wildman–Crippen LogP) is 1.89. The van der Waals surface area contributed by atoms with Gasteiger partial charge in [0, 0.05) is 18.4 Å². The molecule has 4 nitrogen and oxygen atoms in total. The Bertz CT molecular complexity index is 1050. The van der Waals surface area contributed by atoms with Gasteiger partial charge >= 0.3 is 5.97 Å². The molecule has 0 fully saturated rings. The average Bonchev–Trinajstić information content (AvgIpc) is 3.08. The fourth-order valence-electron chi connectivity index (χ4n) is 4.10. The van der Waals surface area contributed by atoms with Gasteiger partial charge in [-0.05, 0) is 34.7 Å². The van der Waals surface area contributed by atoms with Gasteiger partial charge in [0.1, 0.15) is 13.4 Å². The molecule has 4 rings (SSSR count). The minimum absolute atomic E-state index is 0.296. The second-order valence-electron chi connectivity index (χ2n) is 7.79. The van der Waals surface area contributed by atoms with E-state index >= 15 is 0 Å². The summed E-state index contributed by atoms with van der Waals surface area (Å²) in [7, 11) is 1.99. The van der Waals surface area contributed by atoms with Gasteiger partial charge in [0.15, 0.2) is 0 Å². The highest BCUT2D eigenvalue weighted by Crippen LogP contribution is 2.31. The SMILES string of the molecule is Bc1ccc(C(=O)NC2(C(=O)O)Cc3ccccc3C2)c(Cc2ccccc2)c1. The van der Waals surface area contributed by atoms with Crippen LogP contribution in [-0.2, 0) is 24.1 Å². The molecule has 0 bridgehead atoms. The van der Waals surface area contributed by atoms with Crippen molar-refractivity contribution < 1.29 is 14.7 Å². The first-order valence-electron chi connectivity index (χ1n) is 9.73. The van der Waals surface area contributed by atoms with Crippen LogP contribution < -0.4 is 10.8 Å². The maximum Gasteiger partial charge on any atom is 0.330 e. The maximum atomic E-state index is 13.2. The van der Waals surface area contributed by atoms with Crippen LogP contribution in [0.2, 0.25) is 0 Å². The lowest BCUT2D eigenvalue weighted by atomic mass is 9.88. The number of hydrogen-bond acceptors (Lipinski definition) is 2. The Balaban J connectivity index is 1.64. The van der Waals surface area contributed by atoms with E-state index in [9.17, 15) is 14.7 Å². The fourth-order valence-corrected chi connectivity index (χ4v) is 4.10. The number of carboxylic acids is 1. The quantitative estimate of drug-likeness (QED) is 0.662. The molecular formula is C24H22BNO3. The van der Waals surface area contributed by atoms with E-state index in [0.29, 0.717) is 24.8 Å². The molecule has 0 aromatic heterocycles. The topological polar surface area (TPSA) is 66.4 Å². The minimum atomic E-state index is -1.31. The predicted molar refractivity (Wildman–Crippen MR) is 116 cm³/mol. The number of nitrogens with one attached hydrogen (secondary N) is 1. The standard InChI is InChI=1S/C24H22BNO3/c25-20-10-11-21(19(13-20)12-16-6-2-1-3-7-16)22(27)26-24(23(28)29)14-17-8-4-5-9-18(17)15-24/h1-11,13H,12,14-15,25H2,(H,26,27)(H,28,29). The van der Waals surface area contributed by atoms with Gasteiger partial charge in [0.2, 0.25) is 0 Å². The Labute approximate surface area is 171 Å². The molecule has 0 heterocycles. The van der Waals surface area contributed by atoms with E-state index in [1.807, 2.05) is 74.6 Å². The molecule has 0 spiro atoms. The second-order valence-corrected chi connectivity index (χ2v) is 7.79. The van der Waals surface area contributed by atoms with Gasteiger partial charge in [0.05, 0.1) is 0 Å². The van der Waals surface area contributed by atoms with Crippen LogP contribution in [0.25, 0.3) is 0 Å². The van der Waals surface area contributed by atoms with Crippen LogP contribution in [0.5, 0.6) is 0 Å². The first kappa shape index (κ1) is 19.0. The van der Waals surface area contributed by atoms with Gasteiger partial charge in [-0.2, -0.15) is 0 Å². The van der Waals surface area contributed by atoms with Crippen molar-refractivity contribution in [3.05, 3.63) is 101 Å². The van der Waals surface area contributed by atoms with Gasteiger partial charge < -0.3 is 10.4 Å². The molecule has 0 saturated heterocycles. The van der Waals surface area contributed by atoms with Crippen molar-refractivity contribution in [1.29, 1.82) is 0 Å². The van der Waals surface area contributed by atoms with Gasteiger partial charge in [-0.15, -0.1) is 0 Å². The summed E-state index contributed by atoms with van der Waals surface area (Å²) in [6.07, 6.45) is 1.21. The van der Waals surface area contributed by atoms with Crippen LogP contribution in [0.1, 0.15) is 32.6 Å². The highest BCUT2D eigenvalue weighted by atomic mass is 16.4. The summed E-state index contributed by atoms with van der Waals surface area (Å²) in [4.78, 5) is 25.4. The fraction of sp³-hybridized carbons (Fsp3) is 0.167. The third kappa shape index (κ3) is 3.81. The van der Waals surface area contributed by atoms with E-state index in [4.69, 9.17) is 0 Å². The van der Waals surface area contributed by atoms with Crippen LogP contribution in [0.15, 0.2) is 72.8 Å². The summed E-state index contributed by atoms with van der Waals surface area (Å²) in [5.74, 6) is -1.34. The van der Waals surface area contributed by atoms with E-state index in [1.54, 1.807) is 6.07 Å². The molecule has 0 unspecified atom stereocenters. The molecule has 0 aliphatic heterocycles. The Morgan fingerprint density at radius 1 is 0.931 bits per heavy atom. The van der Waals surface area contributed by atoms with Crippen molar-refractivity contribution in [1.82, 2.24) is 5.32 Å². The number of benzene rings is 3. The van der Waals surface area contributed by atoms with Gasteiger partial charge in [-0.3, -0.25) is 4.79 Å². The molecular weight excluding hydrogens is 361 g/mol.